The fraction of sp³-hybridized carbons (Fsp3) is 0.238. The molecule has 0 aliphatic heterocycles. The number of nitrogens with one attached hydrogen (secondary N) is 1. The molecule has 0 atom stereocenters. The Morgan fingerprint density at radius 3 is 2.17 bits per heavy atom. The Hall–Kier alpha value is -3.88. The molecule has 0 spiro atoms. The largest absolute Gasteiger partial charge is 0.452 e. The van der Waals surface area contributed by atoms with Crippen molar-refractivity contribution in [3.8, 4) is 0 Å². The van der Waals surface area contributed by atoms with Crippen LogP contribution in [0, 0.1) is 10.1 Å². The second-order valence-corrected chi connectivity index (χ2v) is 7.72. The van der Waals surface area contributed by atoms with E-state index in [9.17, 15) is 29.3 Å². The molecule has 2 aromatic carbocycles. The fourth-order valence-corrected chi connectivity index (χ4v) is 3.19. The molecule has 30 heavy (non-hydrogen) atoms. The number of ketones is 2. The number of nitro groups is 1. The van der Waals surface area contributed by atoms with Gasteiger partial charge in [-0.3, -0.25) is 24.5 Å². The topological polar surface area (TPSA) is 133 Å². The Labute approximate surface area is 171 Å². The van der Waals surface area contributed by atoms with Crippen molar-refractivity contribution in [2.75, 3.05) is 6.61 Å². The van der Waals surface area contributed by atoms with Crippen LogP contribution in [0.3, 0.4) is 0 Å². The standard InChI is InChI=1S/C21H18N2O7/c1-21(2,3)22-15(24)10-30-20(27)14-9-8-13-16(17(14)23(28)29)19(26)12-7-5-4-6-11(12)18(13)25/h4-9H,10H2,1-3H3,(H,22,24). The number of nitrogens with zero attached hydrogens (tertiary/aromatic N) is 1. The zero-order chi connectivity index (χ0) is 22.2. The van der Waals surface area contributed by atoms with Gasteiger partial charge in [-0.1, -0.05) is 24.3 Å². The van der Waals surface area contributed by atoms with E-state index in [2.05, 4.69) is 5.32 Å². The molecular weight excluding hydrogens is 392 g/mol. The van der Waals surface area contributed by atoms with Crippen LogP contribution in [0.25, 0.3) is 0 Å². The second kappa shape index (κ2) is 7.51. The van der Waals surface area contributed by atoms with Gasteiger partial charge in [0.05, 0.1) is 4.92 Å². The highest BCUT2D eigenvalue weighted by atomic mass is 16.6. The molecule has 1 amide bonds. The predicted molar refractivity (Wildman–Crippen MR) is 105 cm³/mol. The maximum absolute atomic E-state index is 12.9. The maximum Gasteiger partial charge on any atom is 0.345 e. The van der Waals surface area contributed by atoms with Gasteiger partial charge in [0.25, 0.3) is 11.6 Å². The number of ether oxygens (including phenoxy) is 1. The van der Waals surface area contributed by atoms with Gasteiger partial charge in [0.2, 0.25) is 5.78 Å². The van der Waals surface area contributed by atoms with Gasteiger partial charge in [-0.25, -0.2) is 4.79 Å². The Kier molecular flexibility index (Phi) is 5.22. The van der Waals surface area contributed by atoms with Crippen LogP contribution in [-0.4, -0.2) is 40.5 Å². The van der Waals surface area contributed by atoms with Crippen LogP contribution in [0.2, 0.25) is 0 Å². The van der Waals surface area contributed by atoms with E-state index < -0.39 is 57.3 Å². The molecule has 0 unspecified atom stereocenters. The van der Waals surface area contributed by atoms with Gasteiger partial charge in [0.15, 0.2) is 12.4 Å². The molecule has 1 N–H and O–H groups in total. The van der Waals surface area contributed by atoms with Crippen LogP contribution >= 0.6 is 0 Å². The molecule has 0 bridgehead atoms. The molecule has 1 aliphatic rings. The molecular formula is C21H18N2O7. The van der Waals surface area contributed by atoms with Crippen molar-refractivity contribution in [1.29, 1.82) is 0 Å². The van der Waals surface area contributed by atoms with Crippen LogP contribution in [-0.2, 0) is 9.53 Å². The first-order valence-electron chi connectivity index (χ1n) is 8.99. The Morgan fingerprint density at radius 1 is 1.00 bits per heavy atom. The zero-order valence-corrected chi connectivity index (χ0v) is 16.5. The summed E-state index contributed by atoms with van der Waals surface area (Å²) in [5, 5.41) is 14.3. The molecule has 0 fully saturated rings. The monoisotopic (exact) mass is 410 g/mol. The SMILES string of the molecule is CC(C)(C)NC(=O)COC(=O)c1ccc2c(c1[N+](=O)[O-])C(=O)c1ccccc1C2=O. The van der Waals surface area contributed by atoms with E-state index in [4.69, 9.17) is 4.74 Å². The summed E-state index contributed by atoms with van der Waals surface area (Å²) in [6.07, 6.45) is 0. The summed E-state index contributed by atoms with van der Waals surface area (Å²) in [5.74, 6) is -3.01. The Bertz CT molecular complexity index is 1110. The molecule has 1 aliphatic carbocycles. The van der Waals surface area contributed by atoms with Gasteiger partial charge in [-0.15, -0.1) is 0 Å². The highest BCUT2D eigenvalue weighted by Gasteiger charge is 2.39. The highest BCUT2D eigenvalue weighted by Crippen LogP contribution is 2.35. The minimum Gasteiger partial charge on any atom is -0.452 e. The quantitative estimate of drug-likeness (QED) is 0.397. The molecule has 0 radical (unpaired) electrons. The van der Waals surface area contributed by atoms with Gasteiger partial charge in [0, 0.05) is 22.2 Å². The van der Waals surface area contributed by atoms with Gasteiger partial charge < -0.3 is 10.1 Å². The molecule has 3 rings (SSSR count). The molecule has 0 saturated carbocycles. The molecule has 2 aromatic rings. The number of fused-ring (bicyclic) bond motifs is 2. The summed E-state index contributed by atoms with van der Waals surface area (Å²) < 4.78 is 4.90. The van der Waals surface area contributed by atoms with E-state index in [1.54, 1.807) is 26.8 Å². The number of amides is 1. The average Bonchev–Trinajstić information content (AvgIpc) is 2.67. The van der Waals surface area contributed by atoms with Gasteiger partial charge in [-0.2, -0.15) is 0 Å². The molecule has 0 saturated heterocycles. The third-order valence-corrected chi connectivity index (χ3v) is 4.32. The summed E-state index contributed by atoms with van der Waals surface area (Å²) >= 11 is 0. The third-order valence-electron chi connectivity index (χ3n) is 4.32. The third kappa shape index (κ3) is 3.82. The van der Waals surface area contributed by atoms with Crippen LogP contribution < -0.4 is 5.32 Å². The molecule has 0 heterocycles. The van der Waals surface area contributed by atoms with Crippen molar-refractivity contribution in [2.24, 2.45) is 0 Å². The van der Waals surface area contributed by atoms with Crippen LogP contribution in [0.15, 0.2) is 36.4 Å². The van der Waals surface area contributed by atoms with Crippen molar-refractivity contribution >= 4 is 29.1 Å². The number of rotatable bonds is 4. The van der Waals surface area contributed by atoms with Gasteiger partial charge in [-0.05, 0) is 32.9 Å². The number of hydrogen-bond donors (Lipinski definition) is 1. The first-order chi connectivity index (χ1) is 14.0. The van der Waals surface area contributed by atoms with Crippen LogP contribution in [0.4, 0.5) is 5.69 Å². The fourth-order valence-electron chi connectivity index (χ4n) is 3.19. The summed E-state index contributed by atoms with van der Waals surface area (Å²) in [6.45, 7) is 4.56. The molecule has 154 valence electrons. The van der Waals surface area contributed by atoms with E-state index >= 15 is 0 Å². The zero-order valence-electron chi connectivity index (χ0n) is 16.5. The Balaban J connectivity index is 2.00. The van der Waals surface area contributed by atoms with Gasteiger partial charge >= 0.3 is 5.97 Å². The van der Waals surface area contributed by atoms with Crippen molar-refractivity contribution < 1.29 is 28.8 Å². The molecule has 9 heteroatoms. The van der Waals surface area contributed by atoms with Crippen LogP contribution in [0.5, 0.6) is 0 Å². The first kappa shape index (κ1) is 20.8. The van der Waals surface area contributed by atoms with Crippen molar-refractivity contribution in [3.63, 3.8) is 0 Å². The minimum absolute atomic E-state index is 0.0215. The van der Waals surface area contributed by atoms with E-state index in [1.807, 2.05) is 0 Å². The van der Waals surface area contributed by atoms with E-state index in [0.29, 0.717) is 0 Å². The van der Waals surface area contributed by atoms with Crippen LogP contribution in [0.1, 0.15) is 63.0 Å². The summed E-state index contributed by atoms with van der Waals surface area (Å²) in [4.78, 5) is 60.8. The van der Waals surface area contributed by atoms with E-state index in [1.165, 1.54) is 24.3 Å². The lowest BCUT2D eigenvalue weighted by molar-refractivity contribution is -0.385. The van der Waals surface area contributed by atoms with E-state index in [-0.39, 0.29) is 16.7 Å². The van der Waals surface area contributed by atoms with Crippen molar-refractivity contribution in [1.82, 2.24) is 5.32 Å². The lowest BCUT2D eigenvalue weighted by Gasteiger charge is -2.20. The molecule has 0 aromatic heterocycles. The predicted octanol–water partition coefficient (Wildman–Crippen LogP) is 2.44. The van der Waals surface area contributed by atoms with E-state index in [0.717, 1.165) is 6.07 Å². The number of hydrogen-bond acceptors (Lipinski definition) is 7. The number of carbonyl (C=O) groups excluding carboxylic acids is 4. The number of benzene rings is 2. The number of nitro benzene ring substituents is 1. The number of carbonyl (C=O) groups is 4. The van der Waals surface area contributed by atoms with Crippen molar-refractivity contribution in [2.45, 2.75) is 26.3 Å². The lowest BCUT2D eigenvalue weighted by Crippen LogP contribution is -2.42. The second-order valence-electron chi connectivity index (χ2n) is 7.72. The highest BCUT2D eigenvalue weighted by molar-refractivity contribution is 6.30. The Morgan fingerprint density at radius 2 is 1.60 bits per heavy atom. The number of esters is 1. The van der Waals surface area contributed by atoms with Gasteiger partial charge in [0.1, 0.15) is 11.1 Å². The maximum atomic E-state index is 12.9. The minimum atomic E-state index is -1.15. The summed E-state index contributed by atoms with van der Waals surface area (Å²) in [7, 11) is 0. The first-order valence-corrected chi connectivity index (χ1v) is 8.99. The smallest absolute Gasteiger partial charge is 0.345 e. The summed E-state index contributed by atoms with van der Waals surface area (Å²) in [5.41, 5.74) is -2.35. The average molecular weight is 410 g/mol. The van der Waals surface area contributed by atoms with Crippen molar-refractivity contribution in [3.05, 3.63) is 74.3 Å². The lowest BCUT2D eigenvalue weighted by atomic mass is 9.82. The molecule has 9 nitrogen and oxygen atoms in total. The normalized spacial score (nSPS) is 12.6. The summed E-state index contributed by atoms with van der Waals surface area (Å²) in [6, 6.07) is 8.21.